The van der Waals surface area contributed by atoms with Gasteiger partial charge < -0.3 is 5.11 Å². The molecule has 0 aromatic heterocycles. The summed E-state index contributed by atoms with van der Waals surface area (Å²) >= 11 is 1.87. The van der Waals surface area contributed by atoms with Gasteiger partial charge in [-0.05, 0) is 50.0 Å². The van der Waals surface area contributed by atoms with Crippen LogP contribution in [-0.2, 0) is 4.79 Å². The highest BCUT2D eigenvalue weighted by Crippen LogP contribution is 2.05. The molecule has 0 saturated heterocycles. The molecule has 0 saturated carbocycles. The zero-order valence-corrected chi connectivity index (χ0v) is 15.5. The van der Waals surface area contributed by atoms with Crippen LogP contribution in [0.5, 0.6) is 0 Å². The number of carboxylic acid groups (broad SMARTS) is 1. The fourth-order valence-electron chi connectivity index (χ4n) is 1.79. The van der Waals surface area contributed by atoms with Crippen LogP contribution in [0.4, 0.5) is 0 Å². The molecule has 1 atom stereocenters. The summed E-state index contributed by atoms with van der Waals surface area (Å²) in [5, 5.41) is 8.73. The monoisotopic (exact) mass is 336 g/mol. The van der Waals surface area contributed by atoms with E-state index < -0.39 is 5.97 Å². The minimum absolute atomic E-state index is 0.325. The van der Waals surface area contributed by atoms with E-state index in [1.807, 2.05) is 23.9 Å². The van der Waals surface area contributed by atoms with E-state index >= 15 is 0 Å². The second kappa shape index (κ2) is 17.2. The van der Waals surface area contributed by atoms with E-state index in [-0.39, 0.29) is 5.92 Å². The van der Waals surface area contributed by atoms with E-state index in [0.717, 1.165) is 24.3 Å². The van der Waals surface area contributed by atoms with Crippen molar-refractivity contribution in [3.8, 4) is 0 Å². The molecule has 0 amide bonds. The molecule has 1 N–H and O–H groups in total. The molecule has 0 radical (unpaired) electrons. The molecular weight excluding hydrogens is 304 g/mol. The highest BCUT2D eigenvalue weighted by atomic mass is 32.2. The standard InChI is InChI=1S/C20H32O2S/c1-3-4-5-6-7-8-9-10-11-14-17-23-18-15-12-13-16-19(2)20(21)22/h7-8,10-11,13,15,19H,3-6,9,14,16-18H2,1-2H3,(H,21,22)/b8-7-,11-10-. The van der Waals surface area contributed by atoms with Crippen LogP contribution in [-0.4, -0.2) is 22.6 Å². The van der Waals surface area contributed by atoms with Gasteiger partial charge in [-0.3, -0.25) is 4.79 Å². The molecule has 130 valence electrons. The summed E-state index contributed by atoms with van der Waals surface area (Å²) in [4.78, 5) is 10.6. The van der Waals surface area contributed by atoms with E-state index in [4.69, 9.17) is 5.11 Å². The molecular formula is C20H32O2S. The van der Waals surface area contributed by atoms with E-state index in [1.165, 1.54) is 25.7 Å². The third-order valence-corrected chi connectivity index (χ3v) is 4.27. The van der Waals surface area contributed by atoms with Gasteiger partial charge in [0.05, 0.1) is 5.92 Å². The Morgan fingerprint density at radius 1 is 1.13 bits per heavy atom. The second-order valence-electron chi connectivity index (χ2n) is 5.59. The number of allylic oxidation sites excluding steroid dienone is 4. The Morgan fingerprint density at radius 2 is 1.87 bits per heavy atom. The molecule has 0 rings (SSSR count). The van der Waals surface area contributed by atoms with Crippen LogP contribution in [0.15, 0.2) is 42.2 Å². The molecule has 2 nitrogen and oxygen atoms in total. The van der Waals surface area contributed by atoms with Crippen LogP contribution in [0, 0.1) is 5.92 Å². The average Bonchev–Trinajstić information content (AvgIpc) is 2.54. The minimum Gasteiger partial charge on any atom is -0.481 e. The first-order valence-corrected chi connectivity index (χ1v) is 9.83. The molecule has 0 aliphatic rings. The van der Waals surface area contributed by atoms with Gasteiger partial charge in [0.1, 0.15) is 0 Å². The maximum absolute atomic E-state index is 10.6. The molecule has 3 heteroatoms. The van der Waals surface area contributed by atoms with Crippen LogP contribution in [0.1, 0.15) is 58.8 Å². The molecule has 0 bridgehead atoms. The predicted molar refractivity (Wildman–Crippen MR) is 103 cm³/mol. The van der Waals surface area contributed by atoms with Crippen molar-refractivity contribution in [2.24, 2.45) is 5.92 Å². The molecule has 0 aromatic rings. The number of thioether (sulfide) groups is 1. The largest absolute Gasteiger partial charge is 0.481 e. The normalized spacial score (nSPS) is 12.4. The first kappa shape index (κ1) is 21.8. The maximum atomic E-state index is 10.6. The van der Waals surface area contributed by atoms with Gasteiger partial charge >= 0.3 is 5.97 Å². The predicted octanol–water partition coefficient (Wildman–Crippen LogP) is 6.01. The lowest BCUT2D eigenvalue weighted by Gasteiger charge is -1.98. The second-order valence-corrected chi connectivity index (χ2v) is 6.74. The SMILES string of the molecule is CCCCC/C=C\C/C=C\CCSCC=C=CCC(C)C(=O)O. The number of hydrogen-bond acceptors (Lipinski definition) is 2. The van der Waals surface area contributed by atoms with E-state index in [0.29, 0.717) is 6.42 Å². The van der Waals surface area contributed by atoms with E-state index in [2.05, 4.69) is 37.0 Å². The van der Waals surface area contributed by atoms with Gasteiger partial charge in [0, 0.05) is 5.75 Å². The summed E-state index contributed by atoms with van der Waals surface area (Å²) in [6.07, 6.45) is 20.6. The minimum atomic E-state index is -0.750. The van der Waals surface area contributed by atoms with Gasteiger partial charge in [0.25, 0.3) is 0 Å². The highest BCUT2D eigenvalue weighted by Gasteiger charge is 2.06. The van der Waals surface area contributed by atoms with Crippen LogP contribution < -0.4 is 0 Å². The third kappa shape index (κ3) is 17.0. The van der Waals surface area contributed by atoms with E-state index in [9.17, 15) is 4.79 Å². The molecule has 0 aromatic carbocycles. The summed E-state index contributed by atoms with van der Waals surface area (Å²) in [5.74, 6) is 0.971. The molecule has 0 fully saturated rings. The summed E-state index contributed by atoms with van der Waals surface area (Å²) in [5.41, 5.74) is 3.05. The molecule has 1 unspecified atom stereocenters. The van der Waals surface area contributed by atoms with Crippen LogP contribution in [0.2, 0.25) is 0 Å². The Kier molecular flexibility index (Phi) is 16.3. The molecule has 23 heavy (non-hydrogen) atoms. The van der Waals surface area contributed by atoms with Crippen molar-refractivity contribution in [3.63, 3.8) is 0 Å². The Balaban J connectivity index is 3.46. The fourth-order valence-corrected chi connectivity index (χ4v) is 2.47. The van der Waals surface area contributed by atoms with Gasteiger partial charge in [-0.15, -0.1) is 5.73 Å². The van der Waals surface area contributed by atoms with Crippen LogP contribution >= 0.6 is 11.8 Å². The van der Waals surface area contributed by atoms with Crippen molar-refractivity contribution >= 4 is 17.7 Å². The maximum Gasteiger partial charge on any atom is 0.306 e. The first-order valence-electron chi connectivity index (χ1n) is 8.68. The first-order chi connectivity index (χ1) is 11.2. The van der Waals surface area contributed by atoms with Gasteiger partial charge in [0.2, 0.25) is 0 Å². The van der Waals surface area contributed by atoms with Crippen molar-refractivity contribution in [1.82, 2.24) is 0 Å². The summed E-state index contributed by atoms with van der Waals surface area (Å²) in [6, 6.07) is 0. The fraction of sp³-hybridized carbons (Fsp3) is 0.600. The van der Waals surface area contributed by atoms with Crippen molar-refractivity contribution < 1.29 is 9.90 Å². The zero-order chi connectivity index (χ0) is 17.2. The summed E-state index contributed by atoms with van der Waals surface area (Å²) in [6.45, 7) is 3.94. The van der Waals surface area contributed by atoms with Crippen LogP contribution in [0.3, 0.4) is 0 Å². The van der Waals surface area contributed by atoms with Crippen molar-refractivity contribution in [2.75, 3.05) is 11.5 Å². The van der Waals surface area contributed by atoms with Crippen LogP contribution in [0.25, 0.3) is 0 Å². The van der Waals surface area contributed by atoms with Gasteiger partial charge in [0.15, 0.2) is 0 Å². The van der Waals surface area contributed by atoms with Gasteiger partial charge in [-0.1, -0.05) is 51.0 Å². The zero-order valence-electron chi connectivity index (χ0n) is 14.7. The number of aliphatic carboxylic acids is 1. The van der Waals surface area contributed by atoms with Crippen molar-refractivity contribution in [2.45, 2.75) is 58.8 Å². The number of rotatable bonds is 14. The Bertz CT molecular complexity index is 404. The lowest BCUT2D eigenvalue weighted by Crippen LogP contribution is -2.07. The Hall–Kier alpha value is -1.18. The number of hydrogen-bond donors (Lipinski definition) is 1. The Labute approximate surface area is 146 Å². The van der Waals surface area contributed by atoms with Gasteiger partial charge in [-0.2, -0.15) is 11.8 Å². The average molecular weight is 337 g/mol. The molecule has 0 aliphatic heterocycles. The number of unbranched alkanes of at least 4 members (excludes halogenated alkanes) is 3. The third-order valence-electron chi connectivity index (χ3n) is 3.34. The van der Waals surface area contributed by atoms with Crippen molar-refractivity contribution in [3.05, 3.63) is 42.2 Å². The van der Waals surface area contributed by atoms with Crippen molar-refractivity contribution in [1.29, 1.82) is 0 Å². The molecule has 0 aliphatic carbocycles. The topological polar surface area (TPSA) is 37.3 Å². The van der Waals surface area contributed by atoms with E-state index in [1.54, 1.807) is 6.92 Å². The highest BCUT2D eigenvalue weighted by molar-refractivity contribution is 7.99. The lowest BCUT2D eigenvalue weighted by atomic mass is 10.1. The number of carbonyl (C=O) groups is 1. The number of carboxylic acids is 1. The smallest absolute Gasteiger partial charge is 0.306 e. The van der Waals surface area contributed by atoms with Gasteiger partial charge in [-0.25, -0.2) is 0 Å². The Morgan fingerprint density at radius 3 is 2.57 bits per heavy atom. The molecule has 0 spiro atoms. The lowest BCUT2D eigenvalue weighted by molar-refractivity contribution is -0.140. The summed E-state index contributed by atoms with van der Waals surface area (Å²) < 4.78 is 0. The molecule has 0 heterocycles. The quantitative estimate of drug-likeness (QED) is 0.239. The summed E-state index contributed by atoms with van der Waals surface area (Å²) in [7, 11) is 0.